The van der Waals surface area contributed by atoms with Crippen LogP contribution in [0.3, 0.4) is 0 Å². The molecule has 0 radical (unpaired) electrons. The van der Waals surface area contributed by atoms with Gasteiger partial charge < -0.3 is 10.6 Å². The van der Waals surface area contributed by atoms with Crippen LogP contribution in [0.1, 0.15) is 32.1 Å². The van der Waals surface area contributed by atoms with Crippen molar-refractivity contribution in [2.45, 2.75) is 26.7 Å². The lowest BCUT2D eigenvalue weighted by Gasteiger charge is -2.18. The summed E-state index contributed by atoms with van der Waals surface area (Å²) >= 11 is 1.55. The van der Waals surface area contributed by atoms with Crippen LogP contribution in [0.15, 0.2) is 24.3 Å². The smallest absolute Gasteiger partial charge is 0.265 e. The molecule has 3 nitrogen and oxygen atoms in total. The molecule has 3 rings (SSSR count). The van der Waals surface area contributed by atoms with E-state index >= 15 is 0 Å². The van der Waals surface area contributed by atoms with Crippen molar-refractivity contribution < 1.29 is 4.79 Å². The Bertz CT molecular complexity index is 647. The van der Waals surface area contributed by atoms with Crippen molar-refractivity contribution in [3.05, 3.63) is 45.1 Å². The van der Waals surface area contributed by atoms with Crippen LogP contribution in [0.5, 0.6) is 0 Å². The molecule has 0 fully saturated rings. The third-order valence-corrected chi connectivity index (χ3v) is 4.84. The third kappa shape index (κ3) is 3.39. The summed E-state index contributed by atoms with van der Waals surface area (Å²) in [5.41, 5.74) is 4.53. The van der Waals surface area contributed by atoms with Crippen LogP contribution < -0.4 is 10.6 Å². The Morgan fingerprint density at radius 1 is 1.29 bits per heavy atom. The van der Waals surface area contributed by atoms with Gasteiger partial charge in [-0.15, -0.1) is 23.7 Å². The van der Waals surface area contributed by atoms with E-state index in [1.54, 1.807) is 11.3 Å². The van der Waals surface area contributed by atoms with Crippen LogP contribution >= 0.6 is 23.7 Å². The molecule has 1 aliphatic rings. The number of nitrogens with one attached hydrogen (secondary N) is 2. The number of carbonyl (C=O) groups excluding carboxylic acids is 1. The van der Waals surface area contributed by atoms with Crippen LogP contribution in [0.25, 0.3) is 0 Å². The Labute approximate surface area is 135 Å². The molecule has 0 unspecified atom stereocenters. The highest BCUT2D eigenvalue weighted by Gasteiger charge is 2.13. The van der Waals surface area contributed by atoms with E-state index in [0.29, 0.717) is 0 Å². The molecule has 0 saturated carbocycles. The lowest BCUT2D eigenvalue weighted by atomic mass is 10.0. The normalized spacial score (nSPS) is 12.9. The Balaban J connectivity index is 0.00000161. The Morgan fingerprint density at radius 2 is 2.10 bits per heavy atom. The van der Waals surface area contributed by atoms with Gasteiger partial charge >= 0.3 is 0 Å². The van der Waals surface area contributed by atoms with E-state index in [-0.39, 0.29) is 18.3 Å². The number of benzene rings is 1. The minimum Gasteiger partial charge on any atom is -0.385 e. The number of carbonyl (C=O) groups is 1. The second-order valence-corrected chi connectivity index (χ2v) is 6.46. The Morgan fingerprint density at radius 3 is 2.81 bits per heavy atom. The van der Waals surface area contributed by atoms with Crippen molar-refractivity contribution in [1.82, 2.24) is 0 Å². The molecule has 1 aromatic carbocycles. The number of amides is 1. The fraction of sp³-hybridized carbons (Fsp3) is 0.312. The number of anilines is 2. The first-order chi connectivity index (χ1) is 9.63. The molecule has 0 bridgehead atoms. The van der Waals surface area contributed by atoms with E-state index in [2.05, 4.69) is 22.8 Å². The quantitative estimate of drug-likeness (QED) is 0.860. The van der Waals surface area contributed by atoms with Crippen LogP contribution in [0, 0.1) is 13.8 Å². The summed E-state index contributed by atoms with van der Waals surface area (Å²) in [7, 11) is 0. The summed E-state index contributed by atoms with van der Waals surface area (Å²) in [5.74, 6) is -0.0186. The summed E-state index contributed by atoms with van der Waals surface area (Å²) in [6.07, 6.45) is 2.22. The third-order valence-electron chi connectivity index (χ3n) is 3.69. The fourth-order valence-corrected chi connectivity index (χ4v) is 3.36. The van der Waals surface area contributed by atoms with Gasteiger partial charge in [0.2, 0.25) is 0 Å². The van der Waals surface area contributed by atoms with E-state index in [1.807, 2.05) is 26.0 Å². The van der Waals surface area contributed by atoms with Crippen LogP contribution in [0.4, 0.5) is 11.4 Å². The maximum absolute atomic E-state index is 12.2. The predicted molar refractivity (Wildman–Crippen MR) is 92.2 cm³/mol. The van der Waals surface area contributed by atoms with Crippen LogP contribution in [-0.4, -0.2) is 12.5 Å². The lowest BCUT2D eigenvalue weighted by Crippen LogP contribution is -2.14. The summed E-state index contributed by atoms with van der Waals surface area (Å²) in [4.78, 5) is 14.2. The highest BCUT2D eigenvalue weighted by Crippen LogP contribution is 2.26. The molecule has 0 spiro atoms. The molecule has 2 aromatic rings. The molecule has 1 aliphatic heterocycles. The van der Waals surface area contributed by atoms with E-state index in [9.17, 15) is 4.79 Å². The molecule has 112 valence electrons. The zero-order chi connectivity index (χ0) is 14.1. The van der Waals surface area contributed by atoms with Gasteiger partial charge in [0.05, 0.1) is 4.88 Å². The first kappa shape index (κ1) is 15.9. The molecule has 21 heavy (non-hydrogen) atoms. The maximum atomic E-state index is 12.2. The van der Waals surface area contributed by atoms with Gasteiger partial charge in [0, 0.05) is 22.8 Å². The molecule has 1 aromatic heterocycles. The topological polar surface area (TPSA) is 41.1 Å². The average Bonchev–Trinajstić information content (AvgIpc) is 2.79. The molecular formula is C16H19ClN2OS. The lowest BCUT2D eigenvalue weighted by molar-refractivity contribution is 0.103. The zero-order valence-corrected chi connectivity index (χ0v) is 13.8. The van der Waals surface area contributed by atoms with Gasteiger partial charge in [0.1, 0.15) is 0 Å². The van der Waals surface area contributed by atoms with Crippen LogP contribution in [0.2, 0.25) is 0 Å². The molecule has 2 heterocycles. The number of thiophene rings is 1. The van der Waals surface area contributed by atoms with E-state index in [4.69, 9.17) is 0 Å². The summed E-state index contributed by atoms with van der Waals surface area (Å²) in [6.45, 7) is 5.11. The second-order valence-electron chi connectivity index (χ2n) is 5.21. The van der Waals surface area contributed by atoms with Gasteiger partial charge in [0.15, 0.2) is 0 Å². The number of halogens is 1. The molecule has 0 aliphatic carbocycles. The number of hydrogen-bond donors (Lipinski definition) is 2. The number of aryl methyl sites for hydroxylation is 3. The van der Waals surface area contributed by atoms with Crippen molar-refractivity contribution in [1.29, 1.82) is 0 Å². The highest BCUT2D eigenvalue weighted by molar-refractivity contribution is 7.14. The first-order valence-electron chi connectivity index (χ1n) is 6.88. The number of rotatable bonds is 2. The average molecular weight is 323 g/mol. The van der Waals surface area contributed by atoms with Crippen molar-refractivity contribution in [3.63, 3.8) is 0 Å². The molecule has 5 heteroatoms. The molecule has 2 N–H and O–H groups in total. The molecular weight excluding hydrogens is 304 g/mol. The van der Waals surface area contributed by atoms with E-state index in [1.165, 1.54) is 21.7 Å². The summed E-state index contributed by atoms with van der Waals surface area (Å²) in [5, 5.41) is 6.37. The van der Waals surface area contributed by atoms with E-state index in [0.717, 1.165) is 30.0 Å². The van der Waals surface area contributed by atoms with Crippen molar-refractivity contribution in [2.75, 3.05) is 17.2 Å². The molecule has 0 saturated heterocycles. The van der Waals surface area contributed by atoms with Crippen molar-refractivity contribution in [2.24, 2.45) is 0 Å². The SMILES string of the molecule is Cc1cc(C(=O)Nc2ccc3c(c2)CCCN3)sc1C.Cl. The first-order valence-corrected chi connectivity index (χ1v) is 7.70. The number of hydrogen-bond acceptors (Lipinski definition) is 3. The predicted octanol–water partition coefficient (Wildman–Crippen LogP) is 4.40. The van der Waals surface area contributed by atoms with Gasteiger partial charge in [-0.25, -0.2) is 0 Å². The summed E-state index contributed by atoms with van der Waals surface area (Å²) in [6, 6.07) is 8.04. The Kier molecular flexibility index (Phi) is 4.91. The van der Waals surface area contributed by atoms with Crippen molar-refractivity contribution in [3.8, 4) is 0 Å². The summed E-state index contributed by atoms with van der Waals surface area (Å²) < 4.78 is 0. The van der Waals surface area contributed by atoms with Gasteiger partial charge in [-0.2, -0.15) is 0 Å². The van der Waals surface area contributed by atoms with Crippen molar-refractivity contribution >= 4 is 41.0 Å². The monoisotopic (exact) mass is 322 g/mol. The molecule has 0 atom stereocenters. The van der Waals surface area contributed by atoms with Gasteiger partial charge in [-0.3, -0.25) is 4.79 Å². The zero-order valence-electron chi connectivity index (χ0n) is 12.2. The maximum Gasteiger partial charge on any atom is 0.265 e. The highest BCUT2D eigenvalue weighted by atomic mass is 35.5. The standard InChI is InChI=1S/C16H18N2OS.ClH/c1-10-8-15(20-11(10)2)16(19)18-13-5-6-14-12(9-13)4-3-7-17-14;/h5-6,8-9,17H,3-4,7H2,1-2H3,(H,18,19);1H. The van der Waals surface area contributed by atoms with Crippen LogP contribution in [-0.2, 0) is 6.42 Å². The van der Waals surface area contributed by atoms with Gasteiger partial charge in [-0.05, 0) is 62.1 Å². The largest absolute Gasteiger partial charge is 0.385 e. The Hall–Kier alpha value is -1.52. The fourth-order valence-electron chi connectivity index (χ4n) is 2.43. The van der Waals surface area contributed by atoms with E-state index < -0.39 is 0 Å². The minimum atomic E-state index is -0.0186. The van der Waals surface area contributed by atoms with Gasteiger partial charge in [0.25, 0.3) is 5.91 Å². The minimum absolute atomic E-state index is 0. The van der Waals surface area contributed by atoms with Gasteiger partial charge in [-0.1, -0.05) is 0 Å². The number of fused-ring (bicyclic) bond motifs is 1. The second kappa shape index (κ2) is 6.50. The molecule has 1 amide bonds.